The highest BCUT2D eigenvalue weighted by Crippen LogP contribution is 2.25. The lowest BCUT2D eigenvalue weighted by molar-refractivity contribution is 0.575. The molecule has 3 rings (SSSR count). The Bertz CT molecular complexity index is 815. The molecule has 1 unspecified atom stereocenters. The molecule has 1 atom stereocenters. The monoisotopic (exact) mass is 284 g/mol. The lowest BCUT2D eigenvalue weighted by atomic mass is 10.0. The van der Waals surface area contributed by atoms with Gasteiger partial charge in [0.2, 0.25) is 0 Å². The fraction of sp³-hybridized carbons (Fsp3) is 0.118. The van der Waals surface area contributed by atoms with Gasteiger partial charge in [-0.25, -0.2) is 8.78 Å². The quantitative estimate of drug-likeness (QED) is 0.776. The van der Waals surface area contributed by atoms with E-state index in [0.717, 1.165) is 34.7 Å². The van der Waals surface area contributed by atoms with Crippen LogP contribution >= 0.6 is 0 Å². The molecule has 0 amide bonds. The molecule has 0 aliphatic rings. The van der Waals surface area contributed by atoms with E-state index >= 15 is 0 Å². The van der Waals surface area contributed by atoms with Crippen molar-refractivity contribution in [3.05, 3.63) is 77.0 Å². The normalized spacial score (nSPS) is 12.6. The summed E-state index contributed by atoms with van der Waals surface area (Å²) in [5, 5.41) is 1.02. The van der Waals surface area contributed by atoms with Gasteiger partial charge in [0, 0.05) is 10.9 Å². The molecule has 0 saturated carbocycles. The number of pyridine rings is 1. The Hall–Kier alpha value is -2.33. The number of hydrogen-bond acceptors (Lipinski definition) is 2. The van der Waals surface area contributed by atoms with Crippen LogP contribution < -0.4 is 5.73 Å². The van der Waals surface area contributed by atoms with Crippen LogP contribution in [0.15, 0.2) is 48.5 Å². The molecule has 0 fully saturated rings. The van der Waals surface area contributed by atoms with Gasteiger partial charge in [0.15, 0.2) is 0 Å². The van der Waals surface area contributed by atoms with Gasteiger partial charge in [-0.2, -0.15) is 0 Å². The van der Waals surface area contributed by atoms with E-state index in [1.165, 1.54) is 0 Å². The first-order valence-corrected chi connectivity index (χ1v) is 6.63. The maximum absolute atomic E-state index is 13.8. The molecule has 2 N–H and O–H groups in total. The van der Waals surface area contributed by atoms with Crippen molar-refractivity contribution in [3.8, 4) is 0 Å². The van der Waals surface area contributed by atoms with Gasteiger partial charge in [-0.3, -0.25) is 4.98 Å². The zero-order chi connectivity index (χ0) is 15.0. The second-order valence-electron chi connectivity index (χ2n) is 5.02. The minimum absolute atomic E-state index is 0.109. The molecule has 0 saturated heterocycles. The minimum atomic E-state index is -0.802. The van der Waals surface area contributed by atoms with Gasteiger partial charge >= 0.3 is 0 Å². The summed E-state index contributed by atoms with van der Waals surface area (Å²) in [7, 11) is 0. The summed E-state index contributed by atoms with van der Waals surface area (Å²) in [4.78, 5) is 4.47. The Balaban J connectivity index is 2.13. The Kier molecular flexibility index (Phi) is 3.39. The summed E-state index contributed by atoms with van der Waals surface area (Å²) in [5.74, 6) is -1.05. The van der Waals surface area contributed by atoms with Crippen molar-refractivity contribution in [3.63, 3.8) is 0 Å². The summed E-state index contributed by atoms with van der Waals surface area (Å²) in [6.07, 6.45) is 0. The average Bonchev–Trinajstić information content (AvgIpc) is 2.49. The Labute approximate surface area is 121 Å². The third-order valence-electron chi connectivity index (χ3n) is 3.55. The number of aryl methyl sites for hydroxylation is 1. The van der Waals surface area contributed by atoms with E-state index in [1.54, 1.807) is 0 Å². The van der Waals surface area contributed by atoms with E-state index in [0.29, 0.717) is 5.69 Å². The molecule has 0 spiro atoms. The first kappa shape index (κ1) is 13.6. The van der Waals surface area contributed by atoms with Crippen molar-refractivity contribution >= 4 is 10.9 Å². The largest absolute Gasteiger partial charge is 0.319 e. The van der Waals surface area contributed by atoms with Gasteiger partial charge in [-0.15, -0.1) is 0 Å². The van der Waals surface area contributed by atoms with Crippen molar-refractivity contribution in [2.75, 3.05) is 0 Å². The number of rotatable bonds is 2. The molecule has 2 aromatic carbocycles. The minimum Gasteiger partial charge on any atom is -0.319 e. The Morgan fingerprint density at radius 2 is 1.81 bits per heavy atom. The van der Waals surface area contributed by atoms with Gasteiger partial charge in [-0.05, 0) is 42.8 Å². The van der Waals surface area contributed by atoms with Crippen LogP contribution in [0.25, 0.3) is 10.9 Å². The highest BCUT2D eigenvalue weighted by molar-refractivity contribution is 5.82. The van der Waals surface area contributed by atoms with Crippen molar-refractivity contribution in [2.45, 2.75) is 13.0 Å². The van der Waals surface area contributed by atoms with Gasteiger partial charge < -0.3 is 5.73 Å². The molecule has 0 radical (unpaired) electrons. The molecule has 4 heteroatoms. The van der Waals surface area contributed by atoms with Crippen molar-refractivity contribution < 1.29 is 8.78 Å². The lowest BCUT2D eigenvalue weighted by Gasteiger charge is -2.14. The summed E-state index contributed by atoms with van der Waals surface area (Å²) < 4.78 is 27.2. The van der Waals surface area contributed by atoms with E-state index in [-0.39, 0.29) is 5.56 Å². The first-order valence-electron chi connectivity index (χ1n) is 6.63. The first-order chi connectivity index (χ1) is 10.1. The van der Waals surface area contributed by atoms with Gasteiger partial charge in [0.25, 0.3) is 0 Å². The van der Waals surface area contributed by atoms with Crippen LogP contribution in [0.5, 0.6) is 0 Å². The number of nitrogens with zero attached hydrogens (tertiary/aromatic N) is 1. The standard InChI is InChI=1S/C17H14F2N2/c1-10-8-16(21-15-5-3-2-4-12(10)15)17(20)13-9-11(18)6-7-14(13)19/h2-9,17H,20H2,1H3. The van der Waals surface area contributed by atoms with Crippen LogP contribution in [-0.2, 0) is 0 Å². The Morgan fingerprint density at radius 1 is 1.05 bits per heavy atom. The van der Waals surface area contributed by atoms with Gasteiger partial charge in [0.1, 0.15) is 11.6 Å². The zero-order valence-corrected chi connectivity index (χ0v) is 11.5. The molecule has 0 aliphatic carbocycles. The molecule has 3 aromatic rings. The van der Waals surface area contributed by atoms with E-state index in [9.17, 15) is 8.78 Å². The van der Waals surface area contributed by atoms with E-state index in [2.05, 4.69) is 4.98 Å². The van der Waals surface area contributed by atoms with E-state index in [1.807, 2.05) is 37.3 Å². The molecule has 106 valence electrons. The van der Waals surface area contributed by atoms with E-state index in [4.69, 9.17) is 5.73 Å². The fourth-order valence-corrected chi connectivity index (χ4v) is 2.45. The van der Waals surface area contributed by atoms with Gasteiger partial charge in [0.05, 0.1) is 17.3 Å². The predicted molar refractivity (Wildman–Crippen MR) is 78.9 cm³/mol. The Morgan fingerprint density at radius 3 is 2.62 bits per heavy atom. The third kappa shape index (κ3) is 2.50. The number of para-hydroxylation sites is 1. The number of halogens is 2. The number of hydrogen-bond donors (Lipinski definition) is 1. The van der Waals surface area contributed by atoms with Crippen molar-refractivity contribution in [1.29, 1.82) is 0 Å². The number of benzene rings is 2. The molecule has 2 nitrogen and oxygen atoms in total. The summed E-state index contributed by atoms with van der Waals surface area (Å²) in [5.41, 5.74) is 8.50. The molecule has 1 heterocycles. The second kappa shape index (κ2) is 5.22. The predicted octanol–water partition coefficient (Wildman–Crippen LogP) is 3.87. The molecular formula is C17H14F2N2. The molecule has 21 heavy (non-hydrogen) atoms. The van der Waals surface area contributed by atoms with Crippen LogP contribution in [0.4, 0.5) is 8.78 Å². The maximum Gasteiger partial charge on any atom is 0.128 e. The van der Waals surface area contributed by atoms with E-state index < -0.39 is 17.7 Å². The summed E-state index contributed by atoms with van der Waals surface area (Å²) >= 11 is 0. The van der Waals surface area contributed by atoms with Crippen LogP contribution in [0.3, 0.4) is 0 Å². The van der Waals surface area contributed by atoms with Crippen molar-refractivity contribution in [1.82, 2.24) is 4.98 Å². The second-order valence-corrected chi connectivity index (χ2v) is 5.02. The molecular weight excluding hydrogens is 270 g/mol. The SMILES string of the molecule is Cc1cc(C(N)c2cc(F)ccc2F)nc2ccccc12. The van der Waals surface area contributed by atoms with Crippen LogP contribution in [0, 0.1) is 18.6 Å². The van der Waals surface area contributed by atoms with Gasteiger partial charge in [-0.1, -0.05) is 18.2 Å². The summed E-state index contributed by atoms with van der Waals surface area (Å²) in [6.45, 7) is 1.95. The van der Waals surface area contributed by atoms with Crippen LogP contribution in [-0.4, -0.2) is 4.98 Å². The average molecular weight is 284 g/mol. The smallest absolute Gasteiger partial charge is 0.128 e. The van der Waals surface area contributed by atoms with Crippen LogP contribution in [0.1, 0.15) is 22.9 Å². The zero-order valence-electron chi connectivity index (χ0n) is 11.5. The highest BCUT2D eigenvalue weighted by atomic mass is 19.1. The highest BCUT2D eigenvalue weighted by Gasteiger charge is 2.17. The molecule has 0 aliphatic heterocycles. The topological polar surface area (TPSA) is 38.9 Å². The van der Waals surface area contributed by atoms with Crippen LogP contribution in [0.2, 0.25) is 0 Å². The number of fused-ring (bicyclic) bond motifs is 1. The third-order valence-corrected chi connectivity index (χ3v) is 3.55. The number of aromatic nitrogens is 1. The van der Waals surface area contributed by atoms with Crippen molar-refractivity contribution in [2.24, 2.45) is 5.73 Å². The maximum atomic E-state index is 13.8. The fourth-order valence-electron chi connectivity index (χ4n) is 2.45. The number of nitrogens with two attached hydrogens (primary N) is 1. The molecule has 1 aromatic heterocycles. The lowest BCUT2D eigenvalue weighted by Crippen LogP contribution is -2.16. The summed E-state index contributed by atoms with van der Waals surface area (Å²) in [6, 6.07) is 11.9. The molecule has 0 bridgehead atoms.